The Morgan fingerprint density at radius 3 is 2.76 bits per heavy atom. The van der Waals surface area contributed by atoms with Gasteiger partial charge >= 0.3 is 0 Å². The van der Waals surface area contributed by atoms with Gasteiger partial charge in [-0.05, 0) is 49.7 Å². The van der Waals surface area contributed by atoms with E-state index in [1.165, 1.54) is 36.8 Å². The number of hydrogen-bond donors (Lipinski definition) is 1. The minimum Gasteiger partial charge on any atom is -0.311 e. The lowest BCUT2D eigenvalue weighted by Crippen LogP contribution is -2.45. The zero-order valence-electron chi connectivity index (χ0n) is 13.0. The Labute approximate surface area is 131 Å². The molecule has 0 aliphatic heterocycles. The zero-order valence-corrected chi connectivity index (χ0v) is 13.8. The molecule has 0 spiro atoms. The first kappa shape index (κ1) is 15.2. The summed E-state index contributed by atoms with van der Waals surface area (Å²) in [4.78, 5) is 0. The summed E-state index contributed by atoms with van der Waals surface area (Å²) in [5.74, 6) is 0.814. The van der Waals surface area contributed by atoms with Gasteiger partial charge in [-0.25, -0.2) is 0 Å². The maximum absolute atomic E-state index is 12.1. The van der Waals surface area contributed by atoms with Gasteiger partial charge in [0.1, 0.15) is 0 Å². The van der Waals surface area contributed by atoms with Crippen LogP contribution in [0.2, 0.25) is 0 Å². The normalized spacial score (nSPS) is 30.6. The summed E-state index contributed by atoms with van der Waals surface area (Å²) in [6.45, 7) is 2.05. The second-order valence-electron chi connectivity index (χ2n) is 6.53. The van der Waals surface area contributed by atoms with Crippen LogP contribution in [0.25, 0.3) is 0 Å². The zero-order chi connectivity index (χ0) is 14.7. The lowest BCUT2D eigenvalue weighted by molar-refractivity contribution is 0.323. The molecule has 1 aromatic rings. The number of hydrogen-bond acceptors (Lipinski definition) is 2. The average Bonchev–Trinajstić information content (AvgIpc) is 2.54. The molecule has 0 aromatic heterocycles. The monoisotopic (exact) mass is 305 g/mol. The molecule has 1 N–H and O–H groups in total. The number of aryl methyl sites for hydroxylation is 1. The van der Waals surface area contributed by atoms with Crippen molar-refractivity contribution in [1.82, 2.24) is 5.32 Å². The molecule has 1 aromatic carbocycles. The molecule has 3 rings (SSSR count). The maximum Gasteiger partial charge on any atom is 0.0362 e. The van der Waals surface area contributed by atoms with E-state index in [0.717, 1.165) is 25.0 Å². The molecule has 3 heteroatoms. The molecule has 0 unspecified atom stereocenters. The molecule has 0 radical (unpaired) electrons. The van der Waals surface area contributed by atoms with Crippen LogP contribution in [-0.2, 0) is 23.6 Å². The smallest absolute Gasteiger partial charge is 0.0362 e. The summed E-state index contributed by atoms with van der Waals surface area (Å²) in [5.41, 5.74) is 3.05. The van der Waals surface area contributed by atoms with Crippen molar-refractivity contribution in [3.05, 3.63) is 35.4 Å². The van der Waals surface area contributed by atoms with Crippen molar-refractivity contribution in [2.24, 2.45) is 0 Å². The lowest BCUT2D eigenvalue weighted by Gasteiger charge is -2.34. The van der Waals surface area contributed by atoms with E-state index in [1.807, 2.05) is 6.92 Å². The van der Waals surface area contributed by atoms with Gasteiger partial charge in [0.2, 0.25) is 0 Å². The fraction of sp³-hybridized carbons (Fsp3) is 0.667. The van der Waals surface area contributed by atoms with E-state index >= 15 is 0 Å². The molecule has 116 valence electrons. The molecular formula is C18H27NOS. The van der Waals surface area contributed by atoms with Crippen LogP contribution in [0.15, 0.2) is 24.3 Å². The third-order valence-electron chi connectivity index (χ3n) is 5.10. The molecule has 21 heavy (non-hydrogen) atoms. The van der Waals surface area contributed by atoms with Crippen LogP contribution >= 0.6 is 0 Å². The van der Waals surface area contributed by atoms with Gasteiger partial charge in [-0.1, -0.05) is 37.6 Å². The van der Waals surface area contributed by atoms with Crippen molar-refractivity contribution in [2.75, 3.05) is 5.75 Å². The highest BCUT2D eigenvalue weighted by molar-refractivity contribution is 7.85. The van der Waals surface area contributed by atoms with Crippen LogP contribution in [0.1, 0.15) is 50.2 Å². The molecule has 1 saturated carbocycles. The van der Waals surface area contributed by atoms with E-state index < -0.39 is 10.8 Å². The summed E-state index contributed by atoms with van der Waals surface area (Å²) in [6.07, 6.45) is 8.37. The second kappa shape index (κ2) is 7.06. The minimum atomic E-state index is -0.617. The summed E-state index contributed by atoms with van der Waals surface area (Å²) in [6, 6.07) is 10.0. The quantitative estimate of drug-likeness (QED) is 0.925. The van der Waals surface area contributed by atoms with Crippen LogP contribution < -0.4 is 5.32 Å². The van der Waals surface area contributed by atoms with Crippen molar-refractivity contribution >= 4 is 10.8 Å². The van der Waals surface area contributed by atoms with Gasteiger partial charge in [-0.2, -0.15) is 0 Å². The first-order valence-corrected chi connectivity index (χ1v) is 9.84. The van der Waals surface area contributed by atoms with Gasteiger partial charge in [-0.3, -0.25) is 4.21 Å². The molecule has 2 aliphatic carbocycles. The first-order chi connectivity index (χ1) is 10.3. The van der Waals surface area contributed by atoms with Gasteiger partial charge in [0.15, 0.2) is 0 Å². The third-order valence-corrected chi connectivity index (χ3v) is 6.84. The maximum atomic E-state index is 12.1. The Morgan fingerprint density at radius 2 is 1.95 bits per heavy atom. The number of fused-ring (bicyclic) bond motifs is 1. The van der Waals surface area contributed by atoms with Gasteiger partial charge in [0.25, 0.3) is 0 Å². The van der Waals surface area contributed by atoms with Crippen LogP contribution in [0.5, 0.6) is 0 Å². The predicted molar refractivity (Wildman–Crippen MR) is 90.1 cm³/mol. The molecule has 0 amide bonds. The van der Waals surface area contributed by atoms with Gasteiger partial charge in [0.05, 0.1) is 0 Å². The summed E-state index contributed by atoms with van der Waals surface area (Å²) in [7, 11) is -0.617. The SMILES string of the molecule is CC[S@](=O)[C@@H]1CCC[C@@H](N[C@@H]2CCc3ccccc3C2)C1. The minimum absolute atomic E-state index is 0.428. The second-order valence-corrected chi connectivity index (χ2v) is 8.54. The molecule has 2 aliphatic rings. The lowest BCUT2D eigenvalue weighted by atomic mass is 9.86. The number of rotatable bonds is 4. The molecule has 0 saturated heterocycles. The van der Waals surface area contributed by atoms with E-state index in [9.17, 15) is 4.21 Å². The Balaban J connectivity index is 1.56. The first-order valence-electron chi connectivity index (χ1n) is 8.46. The third kappa shape index (κ3) is 3.75. The number of nitrogens with one attached hydrogen (secondary N) is 1. The van der Waals surface area contributed by atoms with Crippen molar-refractivity contribution in [1.29, 1.82) is 0 Å². The molecular weight excluding hydrogens is 278 g/mol. The highest BCUT2D eigenvalue weighted by atomic mass is 32.2. The largest absolute Gasteiger partial charge is 0.311 e. The van der Waals surface area contributed by atoms with E-state index in [-0.39, 0.29) is 0 Å². The average molecular weight is 305 g/mol. The highest BCUT2D eigenvalue weighted by Crippen LogP contribution is 2.26. The van der Waals surface area contributed by atoms with Crippen molar-refractivity contribution in [2.45, 2.75) is 69.2 Å². The highest BCUT2D eigenvalue weighted by Gasteiger charge is 2.28. The molecule has 0 bridgehead atoms. The molecule has 2 nitrogen and oxygen atoms in total. The van der Waals surface area contributed by atoms with Crippen LogP contribution in [0.4, 0.5) is 0 Å². The molecule has 4 atom stereocenters. The standard InChI is InChI=1S/C18H27NOS/c1-2-21(20)18-9-5-8-16(13-18)19-17-11-10-14-6-3-4-7-15(14)12-17/h3-4,6-7,16-19H,2,5,8-13H2,1H3/t16-,17-,18-,21+/m1/s1. The van der Waals surface area contributed by atoms with Gasteiger partial charge in [0, 0.05) is 33.9 Å². The Morgan fingerprint density at radius 1 is 1.14 bits per heavy atom. The summed E-state index contributed by atoms with van der Waals surface area (Å²) < 4.78 is 12.1. The number of benzene rings is 1. The van der Waals surface area contributed by atoms with Crippen LogP contribution in [-0.4, -0.2) is 27.3 Å². The fourth-order valence-electron chi connectivity index (χ4n) is 3.94. The summed E-state index contributed by atoms with van der Waals surface area (Å²) in [5, 5.41) is 4.30. The van der Waals surface area contributed by atoms with E-state index in [0.29, 0.717) is 17.3 Å². The van der Waals surface area contributed by atoms with E-state index in [1.54, 1.807) is 0 Å². The van der Waals surface area contributed by atoms with Crippen molar-refractivity contribution < 1.29 is 4.21 Å². The van der Waals surface area contributed by atoms with E-state index in [4.69, 9.17) is 0 Å². The van der Waals surface area contributed by atoms with E-state index in [2.05, 4.69) is 29.6 Å². The predicted octanol–water partition coefficient (Wildman–Crippen LogP) is 3.21. The van der Waals surface area contributed by atoms with Crippen LogP contribution in [0.3, 0.4) is 0 Å². The van der Waals surface area contributed by atoms with Gasteiger partial charge < -0.3 is 5.32 Å². The molecule has 0 heterocycles. The van der Waals surface area contributed by atoms with Crippen molar-refractivity contribution in [3.8, 4) is 0 Å². The molecule has 1 fully saturated rings. The fourth-order valence-corrected chi connectivity index (χ4v) is 5.29. The topological polar surface area (TPSA) is 29.1 Å². The Bertz CT molecular complexity index is 502. The Kier molecular flexibility index (Phi) is 5.12. The van der Waals surface area contributed by atoms with Crippen molar-refractivity contribution in [3.63, 3.8) is 0 Å². The van der Waals surface area contributed by atoms with Crippen LogP contribution in [0, 0.1) is 0 Å². The van der Waals surface area contributed by atoms with Gasteiger partial charge in [-0.15, -0.1) is 0 Å². The Hall–Kier alpha value is -0.670. The summed E-state index contributed by atoms with van der Waals surface area (Å²) >= 11 is 0.